The van der Waals surface area contributed by atoms with Gasteiger partial charge in [0.15, 0.2) is 4.80 Å². The maximum absolute atomic E-state index is 13.8. The third-order valence-corrected chi connectivity index (χ3v) is 7.54. The molecule has 4 aromatic rings. The summed E-state index contributed by atoms with van der Waals surface area (Å²) < 4.78 is 21.6. The maximum atomic E-state index is 13.8. The van der Waals surface area contributed by atoms with Crippen molar-refractivity contribution in [3.63, 3.8) is 0 Å². The van der Waals surface area contributed by atoms with Gasteiger partial charge in [-0.1, -0.05) is 65.8 Å². The predicted molar refractivity (Wildman–Crippen MR) is 140 cm³/mol. The second-order valence-electron chi connectivity index (χ2n) is 8.73. The summed E-state index contributed by atoms with van der Waals surface area (Å²) in [6.07, 6.45) is 8.79. The summed E-state index contributed by atoms with van der Waals surface area (Å²) in [6.45, 7) is 0.203. The molecule has 1 aliphatic heterocycles. The molecular formula is C30H21FN2O2S. The lowest BCUT2D eigenvalue weighted by Gasteiger charge is -2.30. The highest BCUT2D eigenvalue weighted by atomic mass is 32.1. The Morgan fingerprint density at radius 2 is 1.86 bits per heavy atom. The molecule has 6 rings (SSSR count). The first-order valence-corrected chi connectivity index (χ1v) is 12.5. The predicted octanol–water partition coefficient (Wildman–Crippen LogP) is 4.47. The van der Waals surface area contributed by atoms with Gasteiger partial charge in [0, 0.05) is 5.56 Å². The number of aromatic nitrogens is 1. The van der Waals surface area contributed by atoms with Gasteiger partial charge in [-0.05, 0) is 65.4 Å². The minimum absolute atomic E-state index is 0.105. The maximum Gasteiger partial charge on any atom is 0.271 e. The SMILES string of the molecule is C#CCOc1ccc(C=c2sc3n(c2=O)C(c2ccc(F)cc2)C2=C(N=3)c3ccccc3CC2)cc1. The lowest BCUT2D eigenvalue weighted by molar-refractivity contribution is 0.370. The van der Waals surface area contributed by atoms with Crippen LogP contribution in [0.3, 0.4) is 0 Å². The van der Waals surface area contributed by atoms with Crippen molar-refractivity contribution in [1.29, 1.82) is 0 Å². The number of hydrogen-bond donors (Lipinski definition) is 0. The first-order valence-electron chi connectivity index (χ1n) is 11.7. The molecule has 2 heterocycles. The van der Waals surface area contributed by atoms with Crippen LogP contribution in [0, 0.1) is 18.2 Å². The summed E-state index contributed by atoms with van der Waals surface area (Å²) in [7, 11) is 0. The molecule has 1 atom stereocenters. The molecule has 2 aliphatic rings. The van der Waals surface area contributed by atoms with Gasteiger partial charge in [-0.25, -0.2) is 9.38 Å². The van der Waals surface area contributed by atoms with Crippen LogP contribution in [-0.4, -0.2) is 11.2 Å². The van der Waals surface area contributed by atoms with E-state index in [0.717, 1.165) is 40.8 Å². The average Bonchev–Trinajstić information content (AvgIpc) is 3.22. The zero-order chi connectivity index (χ0) is 24.6. The summed E-state index contributed by atoms with van der Waals surface area (Å²) in [5, 5.41) is 0. The average molecular weight is 493 g/mol. The normalized spacial score (nSPS) is 16.4. The first-order chi connectivity index (χ1) is 17.6. The number of thiazole rings is 1. The van der Waals surface area contributed by atoms with Crippen LogP contribution in [0.5, 0.6) is 5.75 Å². The largest absolute Gasteiger partial charge is 0.481 e. The van der Waals surface area contributed by atoms with E-state index in [4.69, 9.17) is 16.2 Å². The monoisotopic (exact) mass is 492 g/mol. The zero-order valence-electron chi connectivity index (χ0n) is 19.3. The van der Waals surface area contributed by atoms with Gasteiger partial charge >= 0.3 is 0 Å². The van der Waals surface area contributed by atoms with Crippen LogP contribution >= 0.6 is 11.3 Å². The molecule has 0 saturated heterocycles. The number of hydrogen-bond acceptors (Lipinski definition) is 4. The van der Waals surface area contributed by atoms with E-state index in [2.05, 4.69) is 18.1 Å². The van der Waals surface area contributed by atoms with Gasteiger partial charge in [0.1, 0.15) is 18.2 Å². The van der Waals surface area contributed by atoms with Crippen molar-refractivity contribution in [2.24, 2.45) is 4.99 Å². The molecule has 0 fully saturated rings. The molecule has 0 N–H and O–H groups in total. The number of nitrogens with zero attached hydrogens (tertiary/aromatic N) is 2. The van der Waals surface area contributed by atoms with Gasteiger partial charge in [0.2, 0.25) is 0 Å². The Labute approximate surface area is 211 Å². The third-order valence-electron chi connectivity index (χ3n) is 6.56. The molecule has 1 aromatic heterocycles. The van der Waals surface area contributed by atoms with Gasteiger partial charge in [-0.15, -0.1) is 6.42 Å². The molecule has 4 nitrogen and oxygen atoms in total. The van der Waals surface area contributed by atoms with E-state index in [1.54, 1.807) is 16.7 Å². The van der Waals surface area contributed by atoms with Gasteiger partial charge in [0.25, 0.3) is 5.56 Å². The van der Waals surface area contributed by atoms with Crippen molar-refractivity contribution in [3.8, 4) is 18.1 Å². The molecule has 0 saturated carbocycles. The Morgan fingerprint density at radius 3 is 2.64 bits per heavy atom. The number of fused-ring (bicyclic) bond motifs is 3. The van der Waals surface area contributed by atoms with Crippen LogP contribution in [-0.2, 0) is 6.42 Å². The fourth-order valence-electron chi connectivity index (χ4n) is 4.90. The van der Waals surface area contributed by atoms with Crippen molar-refractivity contribution >= 4 is 23.1 Å². The highest BCUT2D eigenvalue weighted by Crippen LogP contribution is 2.41. The number of allylic oxidation sites excluding steroid dienone is 1. The minimum atomic E-state index is -0.327. The fraction of sp³-hybridized carbons (Fsp3) is 0.133. The lowest BCUT2D eigenvalue weighted by atomic mass is 9.83. The molecule has 1 aliphatic carbocycles. The number of benzene rings is 3. The third kappa shape index (κ3) is 3.88. The summed E-state index contributed by atoms with van der Waals surface area (Å²) in [6, 6.07) is 21.8. The molecule has 1 unspecified atom stereocenters. The van der Waals surface area contributed by atoms with Crippen LogP contribution < -0.4 is 19.6 Å². The zero-order valence-corrected chi connectivity index (χ0v) is 20.1. The molecule has 36 heavy (non-hydrogen) atoms. The molecule has 3 aromatic carbocycles. The molecule has 0 amide bonds. The fourth-order valence-corrected chi connectivity index (χ4v) is 5.91. The van der Waals surface area contributed by atoms with E-state index < -0.39 is 0 Å². The van der Waals surface area contributed by atoms with Crippen molar-refractivity contribution < 1.29 is 9.13 Å². The highest BCUT2D eigenvalue weighted by molar-refractivity contribution is 7.07. The number of ether oxygens (including phenoxy) is 1. The lowest BCUT2D eigenvalue weighted by Crippen LogP contribution is -2.38. The van der Waals surface area contributed by atoms with Gasteiger partial charge < -0.3 is 4.74 Å². The van der Waals surface area contributed by atoms with Crippen LogP contribution in [0.4, 0.5) is 4.39 Å². The Morgan fingerprint density at radius 1 is 1.08 bits per heavy atom. The summed E-state index contributed by atoms with van der Waals surface area (Å²) in [4.78, 5) is 19.4. The molecule has 0 spiro atoms. The van der Waals surface area contributed by atoms with Gasteiger partial charge in [-0.2, -0.15) is 0 Å². The Balaban J connectivity index is 1.52. The van der Waals surface area contributed by atoms with Gasteiger partial charge in [0.05, 0.1) is 16.3 Å². The van der Waals surface area contributed by atoms with E-state index >= 15 is 0 Å². The first kappa shape index (κ1) is 22.3. The van der Waals surface area contributed by atoms with E-state index in [1.165, 1.54) is 29.0 Å². The highest BCUT2D eigenvalue weighted by Gasteiger charge is 2.32. The minimum Gasteiger partial charge on any atom is -0.481 e. The van der Waals surface area contributed by atoms with Crippen LogP contribution in [0.25, 0.3) is 11.8 Å². The Bertz CT molecular complexity index is 1720. The van der Waals surface area contributed by atoms with E-state index in [0.29, 0.717) is 15.1 Å². The summed E-state index contributed by atoms with van der Waals surface area (Å²) in [5.41, 5.74) is 6.02. The summed E-state index contributed by atoms with van der Waals surface area (Å²) in [5.74, 6) is 2.82. The second-order valence-corrected chi connectivity index (χ2v) is 9.74. The number of aryl methyl sites for hydroxylation is 1. The number of terminal acetylenes is 1. The molecule has 176 valence electrons. The number of halogens is 1. The van der Waals surface area contributed by atoms with Crippen LogP contribution in [0.2, 0.25) is 0 Å². The molecular weight excluding hydrogens is 471 g/mol. The van der Waals surface area contributed by atoms with E-state index in [1.807, 2.05) is 42.5 Å². The number of rotatable bonds is 4. The molecule has 0 radical (unpaired) electrons. The van der Waals surface area contributed by atoms with Crippen molar-refractivity contribution in [2.75, 3.05) is 6.61 Å². The summed E-state index contributed by atoms with van der Waals surface area (Å²) >= 11 is 1.37. The standard InChI is InChI=1S/C30H21FN2O2S/c1-2-17-35-23-14-7-19(8-15-23)18-26-29(34)33-28(21-9-12-22(31)13-10-21)25-16-11-20-5-3-4-6-24(20)27(25)32-30(33)36-26/h1,3-10,12-15,18,28H,11,16-17H2. The van der Waals surface area contributed by atoms with Crippen molar-refractivity contribution in [1.82, 2.24) is 4.57 Å². The van der Waals surface area contributed by atoms with E-state index in [9.17, 15) is 9.18 Å². The topological polar surface area (TPSA) is 43.6 Å². The quantitative estimate of drug-likeness (QED) is 0.395. The second kappa shape index (κ2) is 9.10. The molecule has 6 heteroatoms. The Kier molecular flexibility index (Phi) is 5.63. The van der Waals surface area contributed by atoms with Crippen LogP contribution in [0.15, 0.2) is 88.2 Å². The van der Waals surface area contributed by atoms with Gasteiger partial charge in [-0.3, -0.25) is 9.36 Å². The van der Waals surface area contributed by atoms with Crippen molar-refractivity contribution in [3.05, 3.63) is 126 Å². The Hall–Kier alpha value is -4.21. The van der Waals surface area contributed by atoms with Crippen LogP contribution in [0.1, 0.15) is 34.7 Å². The smallest absolute Gasteiger partial charge is 0.271 e. The van der Waals surface area contributed by atoms with Crippen molar-refractivity contribution in [2.45, 2.75) is 18.9 Å². The van der Waals surface area contributed by atoms with E-state index in [-0.39, 0.29) is 24.0 Å². The molecule has 0 bridgehead atoms.